The summed E-state index contributed by atoms with van der Waals surface area (Å²) in [6.45, 7) is 2.63. The molecule has 0 aliphatic rings. The van der Waals surface area contributed by atoms with Crippen molar-refractivity contribution in [2.75, 3.05) is 11.9 Å². The van der Waals surface area contributed by atoms with Crippen LogP contribution in [0.1, 0.15) is 45.4 Å². The summed E-state index contributed by atoms with van der Waals surface area (Å²) in [5.41, 5.74) is 0. The van der Waals surface area contributed by atoms with E-state index in [1.807, 2.05) is 0 Å². The lowest BCUT2D eigenvalue weighted by molar-refractivity contribution is 0.271. The third kappa shape index (κ3) is 8.54. The lowest BCUT2D eigenvalue weighted by Crippen LogP contribution is -1.96. The maximum absolute atomic E-state index is 8.62. The van der Waals surface area contributed by atoms with E-state index in [4.69, 9.17) is 5.11 Å². The van der Waals surface area contributed by atoms with Gasteiger partial charge in [0.15, 0.2) is 0 Å². The van der Waals surface area contributed by atoms with Gasteiger partial charge in [-0.1, -0.05) is 42.1 Å². The summed E-state index contributed by atoms with van der Waals surface area (Å²) < 4.78 is 0. The van der Waals surface area contributed by atoms with Crippen LogP contribution in [0, 0.1) is 5.92 Å². The predicted octanol–water partition coefficient (Wildman–Crippen LogP) is 3.35. The van der Waals surface area contributed by atoms with Gasteiger partial charge in [0.2, 0.25) is 0 Å². The van der Waals surface area contributed by atoms with Crippen LogP contribution in [-0.2, 0) is 0 Å². The van der Waals surface area contributed by atoms with Crippen molar-refractivity contribution in [1.82, 2.24) is 0 Å². The number of aliphatic hydroxyl groups excluding tert-OH is 1. The molecule has 12 heavy (non-hydrogen) atoms. The van der Waals surface area contributed by atoms with Crippen molar-refractivity contribution in [2.24, 2.45) is 5.92 Å². The van der Waals surface area contributed by atoms with Crippen LogP contribution in [0.4, 0.5) is 0 Å². The first-order valence-corrected chi connectivity index (χ1v) is 6.10. The summed E-state index contributed by atoms with van der Waals surface area (Å²) in [6, 6.07) is 0. The van der Waals surface area contributed by atoms with E-state index in [-0.39, 0.29) is 0 Å². The highest BCUT2D eigenvalue weighted by molar-refractivity contribution is 9.09. The number of rotatable bonds is 8. The van der Waals surface area contributed by atoms with Gasteiger partial charge in [-0.3, -0.25) is 0 Å². The molecule has 0 saturated heterocycles. The molecule has 0 heterocycles. The Labute approximate surface area is 84.7 Å². The summed E-state index contributed by atoms with van der Waals surface area (Å²) >= 11 is 3.43. The Morgan fingerprint density at radius 2 is 1.75 bits per heavy atom. The summed E-state index contributed by atoms with van der Waals surface area (Å²) in [7, 11) is 0. The topological polar surface area (TPSA) is 20.2 Å². The van der Waals surface area contributed by atoms with Gasteiger partial charge in [-0.25, -0.2) is 0 Å². The molecule has 0 aromatic heterocycles. The van der Waals surface area contributed by atoms with Gasteiger partial charge in [0, 0.05) is 11.9 Å². The Balaban J connectivity index is 3.02. The first-order chi connectivity index (χ1) is 5.81. The number of hydrogen-bond donors (Lipinski definition) is 1. The fourth-order valence-corrected chi connectivity index (χ4v) is 1.74. The van der Waals surface area contributed by atoms with Crippen molar-refractivity contribution >= 4 is 15.9 Å². The Kier molecular flexibility index (Phi) is 9.88. The molecular weight excluding hydrogens is 216 g/mol. The molecule has 0 aliphatic heterocycles. The molecule has 0 spiro atoms. The Hall–Kier alpha value is 0.440. The van der Waals surface area contributed by atoms with Gasteiger partial charge in [-0.15, -0.1) is 0 Å². The van der Waals surface area contributed by atoms with Crippen LogP contribution in [0.15, 0.2) is 0 Å². The molecule has 0 saturated carbocycles. The molecule has 2 heteroatoms. The molecule has 0 amide bonds. The zero-order valence-electron chi connectivity index (χ0n) is 8.06. The maximum atomic E-state index is 8.62. The minimum atomic E-state index is 0.353. The second kappa shape index (κ2) is 9.53. The average molecular weight is 237 g/mol. The number of alkyl halides is 1. The van der Waals surface area contributed by atoms with E-state index >= 15 is 0 Å². The summed E-state index contributed by atoms with van der Waals surface area (Å²) in [6.07, 6.45) is 7.47. The smallest absolute Gasteiger partial charge is 0.0431 e. The molecule has 0 rings (SSSR count). The lowest BCUT2D eigenvalue weighted by Gasteiger charge is -2.09. The van der Waals surface area contributed by atoms with E-state index in [2.05, 4.69) is 22.9 Å². The number of hydrogen-bond acceptors (Lipinski definition) is 1. The number of unbranched alkanes of at least 4 members (excludes halogenated alkanes) is 2. The minimum absolute atomic E-state index is 0.353. The van der Waals surface area contributed by atoms with Crippen molar-refractivity contribution in [2.45, 2.75) is 45.4 Å². The zero-order valence-corrected chi connectivity index (χ0v) is 9.65. The lowest BCUT2D eigenvalue weighted by atomic mass is 9.99. The van der Waals surface area contributed by atoms with Crippen LogP contribution in [-0.4, -0.2) is 17.0 Å². The highest BCUT2D eigenvalue weighted by atomic mass is 79.9. The van der Waals surface area contributed by atoms with E-state index in [1.54, 1.807) is 0 Å². The van der Waals surface area contributed by atoms with Gasteiger partial charge >= 0.3 is 0 Å². The van der Waals surface area contributed by atoms with E-state index in [9.17, 15) is 0 Å². The molecule has 0 aromatic carbocycles. The Bertz CT molecular complexity index is 85.9. The second-order valence-corrected chi connectivity index (χ2v) is 4.30. The predicted molar refractivity (Wildman–Crippen MR) is 57.7 cm³/mol. The summed E-state index contributed by atoms with van der Waals surface area (Å²) in [5, 5.41) is 9.76. The van der Waals surface area contributed by atoms with Crippen LogP contribution in [0.25, 0.3) is 0 Å². The normalized spacial score (nSPS) is 13.2. The fraction of sp³-hybridized carbons (Fsp3) is 1.00. The first-order valence-electron chi connectivity index (χ1n) is 4.98. The van der Waals surface area contributed by atoms with Gasteiger partial charge in [0.05, 0.1) is 0 Å². The van der Waals surface area contributed by atoms with Gasteiger partial charge in [0.25, 0.3) is 0 Å². The van der Waals surface area contributed by atoms with E-state index in [0.29, 0.717) is 6.61 Å². The highest BCUT2D eigenvalue weighted by Crippen LogP contribution is 2.14. The molecule has 0 radical (unpaired) electrons. The summed E-state index contributed by atoms with van der Waals surface area (Å²) in [4.78, 5) is 0. The molecule has 1 nitrogen and oxygen atoms in total. The van der Waals surface area contributed by atoms with Gasteiger partial charge in [-0.2, -0.15) is 0 Å². The van der Waals surface area contributed by atoms with Crippen molar-refractivity contribution < 1.29 is 5.11 Å². The van der Waals surface area contributed by atoms with Crippen LogP contribution in [0.5, 0.6) is 0 Å². The maximum Gasteiger partial charge on any atom is 0.0431 e. The van der Waals surface area contributed by atoms with Gasteiger partial charge in [0.1, 0.15) is 0 Å². The van der Waals surface area contributed by atoms with Gasteiger partial charge in [-0.05, 0) is 25.2 Å². The average Bonchev–Trinajstić information content (AvgIpc) is 2.09. The second-order valence-electron chi connectivity index (χ2n) is 3.51. The third-order valence-electron chi connectivity index (χ3n) is 2.19. The Morgan fingerprint density at radius 1 is 1.08 bits per heavy atom. The minimum Gasteiger partial charge on any atom is -0.396 e. The monoisotopic (exact) mass is 236 g/mol. The molecule has 1 N–H and O–H groups in total. The van der Waals surface area contributed by atoms with E-state index in [1.165, 1.54) is 32.1 Å². The van der Waals surface area contributed by atoms with Crippen molar-refractivity contribution in [3.05, 3.63) is 0 Å². The fourth-order valence-electron chi connectivity index (χ4n) is 1.35. The highest BCUT2D eigenvalue weighted by Gasteiger charge is 2.00. The van der Waals surface area contributed by atoms with Crippen LogP contribution >= 0.6 is 15.9 Å². The largest absolute Gasteiger partial charge is 0.396 e. The van der Waals surface area contributed by atoms with E-state index in [0.717, 1.165) is 17.7 Å². The van der Waals surface area contributed by atoms with Crippen molar-refractivity contribution in [3.63, 3.8) is 0 Å². The first kappa shape index (κ1) is 12.4. The number of aliphatic hydroxyl groups is 1. The van der Waals surface area contributed by atoms with E-state index < -0.39 is 0 Å². The summed E-state index contributed by atoms with van der Waals surface area (Å²) in [5.74, 6) is 0.799. The van der Waals surface area contributed by atoms with Crippen molar-refractivity contribution in [3.8, 4) is 0 Å². The van der Waals surface area contributed by atoms with Crippen LogP contribution in [0.3, 0.4) is 0 Å². The standard InChI is InChI=1S/C10H21BrO/c1-10(7-5-9-12)6-3-2-4-8-11/h10,12H,2-9H2,1H3/t10-/m1/s1. The SMILES string of the molecule is C[C@@H](CCCO)CCCCCBr. The molecule has 0 fully saturated rings. The quantitative estimate of drug-likeness (QED) is 0.507. The molecule has 0 bridgehead atoms. The molecule has 0 aliphatic carbocycles. The molecule has 0 unspecified atom stereocenters. The zero-order chi connectivity index (χ0) is 9.23. The molecule has 74 valence electrons. The molecular formula is C10H21BrO. The van der Waals surface area contributed by atoms with Crippen LogP contribution in [0.2, 0.25) is 0 Å². The molecule has 0 aromatic rings. The third-order valence-corrected chi connectivity index (χ3v) is 2.75. The van der Waals surface area contributed by atoms with Gasteiger partial charge < -0.3 is 5.11 Å². The molecule has 1 atom stereocenters. The van der Waals surface area contributed by atoms with Crippen molar-refractivity contribution in [1.29, 1.82) is 0 Å². The number of halogens is 1. The Morgan fingerprint density at radius 3 is 2.33 bits per heavy atom. The van der Waals surface area contributed by atoms with Crippen LogP contribution < -0.4 is 0 Å².